The molecule has 6 nitrogen and oxygen atoms in total. The van der Waals surface area contributed by atoms with Crippen molar-refractivity contribution in [1.82, 2.24) is 20.4 Å². The lowest BCUT2D eigenvalue weighted by atomic mass is 10.0. The van der Waals surface area contributed by atoms with Gasteiger partial charge in [0.2, 0.25) is 11.8 Å². The van der Waals surface area contributed by atoms with Crippen molar-refractivity contribution in [3.8, 4) is 0 Å². The predicted octanol–water partition coefficient (Wildman–Crippen LogP) is 0.859. The van der Waals surface area contributed by atoms with Crippen LogP contribution < -0.4 is 5.32 Å². The van der Waals surface area contributed by atoms with Gasteiger partial charge in [-0.25, -0.2) is 0 Å². The van der Waals surface area contributed by atoms with Crippen LogP contribution in [-0.4, -0.2) is 46.0 Å². The van der Waals surface area contributed by atoms with E-state index in [1.54, 1.807) is 6.20 Å². The van der Waals surface area contributed by atoms with Gasteiger partial charge in [-0.15, -0.1) is 0 Å². The standard InChI is InChI=1S/C15H22N4O2/c20-14(16-7-6-11-9-17-18-10-11)13-3-1-2-8-19(13)15(21)12-4-5-12/h9-10,12-13H,1-8H2,(H,16,20)(H,17,18). The Morgan fingerprint density at radius 3 is 2.90 bits per heavy atom. The Bertz CT molecular complexity index is 496. The van der Waals surface area contributed by atoms with E-state index in [4.69, 9.17) is 0 Å². The average Bonchev–Trinajstić information content (AvgIpc) is 3.24. The second kappa shape index (κ2) is 6.28. The molecule has 0 aromatic carbocycles. The van der Waals surface area contributed by atoms with E-state index < -0.39 is 0 Å². The number of aromatic nitrogens is 2. The van der Waals surface area contributed by atoms with Crippen LogP contribution in [0.15, 0.2) is 12.4 Å². The van der Waals surface area contributed by atoms with Crippen LogP contribution >= 0.6 is 0 Å². The highest BCUT2D eigenvalue weighted by molar-refractivity contribution is 5.89. The highest BCUT2D eigenvalue weighted by Gasteiger charge is 2.39. The zero-order chi connectivity index (χ0) is 14.7. The zero-order valence-corrected chi connectivity index (χ0v) is 12.2. The summed E-state index contributed by atoms with van der Waals surface area (Å²) < 4.78 is 0. The lowest BCUT2D eigenvalue weighted by molar-refractivity contribution is -0.143. The lowest BCUT2D eigenvalue weighted by Gasteiger charge is -2.34. The van der Waals surface area contributed by atoms with E-state index in [0.29, 0.717) is 6.54 Å². The molecule has 2 fully saturated rings. The molecule has 114 valence electrons. The largest absolute Gasteiger partial charge is 0.354 e. The molecular weight excluding hydrogens is 268 g/mol. The fourth-order valence-electron chi connectivity index (χ4n) is 2.89. The third kappa shape index (κ3) is 3.43. The number of aromatic amines is 1. The van der Waals surface area contributed by atoms with Crippen LogP contribution in [0.25, 0.3) is 0 Å². The van der Waals surface area contributed by atoms with Crippen LogP contribution in [0.3, 0.4) is 0 Å². The summed E-state index contributed by atoms with van der Waals surface area (Å²) in [6, 6.07) is -0.267. The maximum absolute atomic E-state index is 12.4. The molecule has 3 rings (SSSR count). The first-order valence-electron chi connectivity index (χ1n) is 7.81. The second-order valence-electron chi connectivity index (χ2n) is 5.97. The van der Waals surface area contributed by atoms with E-state index in [1.807, 2.05) is 11.1 Å². The second-order valence-corrected chi connectivity index (χ2v) is 5.97. The molecule has 1 aromatic heterocycles. The van der Waals surface area contributed by atoms with E-state index in [0.717, 1.165) is 50.6 Å². The molecule has 0 radical (unpaired) electrons. The van der Waals surface area contributed by atoms with Gasteiger partial charge in [-0.3, -0.25) is 14.7 Å². The fraction of sp³-hybridized carbons (Fsp3) is 0.667. The molecule has 1 atom stereocenters. The maximum Gasteiger partial charge on any atom is 0.242 e. The number of hydrogen-bond acceptors (Lipinski definition) is 3. The molecular formula is C15H22N4O2. The molecule has 0 spiro atoms. The van der Waals surface area contributed by atoms with Crippen molar-refractivity contribution in [3.63, 3.8) is 0 Å². The Labute approximate surface area is 124 Å². The number of rotatable bonds is 5. The number of likely N-dealkylation sites (tertiary alicyclic amines) is 1. The molecule has 1 aliphatic carbocycles. The number of hydrogen-bond donors (Lipinski definition) is 2. The SMILES string of the molecule is O=C(NCCc1cn[nH]c1)C1CCCCN1C(=O)C1CC1. The minimum absolute atomic E-state index is 0.00723. The molecule has 1 saturated heterocycles. The first kappa shape index (κ1) is 14.1. The van der Waals surface area contributed by atoms with Crippen LogP contribution in [0.5, 0.6) is 0 Å². The van der Waals surface area contributed by atoms with Gasteiger partial charge >= 0.3 is 0 Å². The normalized spacial score (nSPS) is 22.1. The molecule has 6 heteroatoms. The van der Waals surface area contributed by atoms with Crippen molar-refractivity contribution in [3.05, 3.63) is 18.0 Å². The molecule has 1 saturated carbocycles. The Balaban J connectivity index is 1.52. The summed E-state index contributed by atoms with van der Waals surface area (Å²) in [6.45, 7) is 1.31. The highest BCUT2D eigenvalue weighted by atomic mass is 16.2. The molecule has 2 N–H and O–H groups in total. The topological polar surface area (TPSA) is 78.1 Å². The predicted molar refractivity (Wildman–Crippen MR) is 77.4 cm³/mol. The number of carbonyl (C=O) groups is 2. The Hall–Kier alpha value is -1.85. The van der Waals surface area contributed by atoms with Gasteiger partial charge in [0.1, 0.15) is 6.04 Å². The lowest BCUT2D eigenvalue weighted by Crippen LogP contribution is -2.52. The molecule has 1 unspecified atom stereocenters. The van der Waals surface area contributed by atoms with Crippen molar-refractivity contribution in [2.45, 2.75) is 44.6 Å². The monoisotopic (exact) mass is 290 g/mol. The first-order valence-corrected chi connectivity index (χ1v) is 7.81. The van der Waals surface area contributed by atoms with Gasteiger partial charge in [0.25, 0.3) is 0 Å². The minimum atomic E-state index is -0.267. The number of carbonyl (C=O) groups excluding carboxylic acids is 2. The highest BCUT2D eigenvalue weighted by Crippen LogP contribution is 2.33. The maximum atomic E-state index is 12.4. The van der Waals surface area contributed by atoms with Gasteiger partial charge in [-0.1, -0.05) is 0 Å². The smallest absolute Gasteiger partial charge is 0.242 e. The number of nitrogens with zero attached hydrogens (tertiary/aromatic N) is 2. The van der Waals surface area contributed by atoms with Crippen LogP contribution in [0.2, 0.25) is 0 Å². The van der Waals surface area contributed by atoms with Crippen molar-refractivity contribution < 1.29 is 9.59 Å². The molecule has 1 aliphatic heterocycles. The van der Waals surface area contributed by atoms with Gasteiger partial charge < -0.3 is 10.2 Å². The third-order valence-electron chi connectivity index (χ3n) is 4.28. The number of nitrogens with one attached hydrogen (secondary N) is 2. The fourth-order valence-corrected chi connectivity index (χ4v) is 2.89. The van der Waals surface area contributed by atoms with Gasteiger partial charge in [-0.2, -0.15) is 5.10 Å². The van der Waals surface area contributed by atoms with E-state index in [9.17, 15) is 9.59 Å². The molecule has 2 amide bonds. The zero-order valence-electron chi connectivity index (χ0n) is 12.2. The molecule has 2 aliphatic rings. The molecule has 21 heavy (non-hydrogen) atoms. The Morgan fingerprint density at radius 1 is 1.33 bits per heavy atom. The van der Waals surface area contributed by atoms with E-state index in [1.165, 1.54) is 0 Å². The van der Waals surface area contributed by atoms with E-state index >= 15 is 0 Å². The van der Waals surface area contributed by atoms with Crippen LogP contribution in [-0.2, 0) is 16.0 Å². The van der Waals surface area contributed by atoms with Crippen LogP contribution in [0.1, 0.15) is 37.7 Å². The van der Waals surface area contributed by atoms with Crippen molar-refractivity contribution in [1.29, 1.82) is 0 Å². The van der Waals surface area contributed by atoms with Crippen molar-refractivity contribution >= 4 is 11.8 Å². The van der Waals surface area contributed by atoms with Gasteiger partial charge in [0.15, 0.2) is 0 Å². The summed E-state index contributed by atoms with van der Waals surface area (Å²) in [7, 11) is 0. The van der Waals surface area contributed by atoms with Gasteiger partial charge in [-0.05, 0) is 44.1 Å². The summed E-state index contributed by atoms with van der Waals surface area (Å²) in [5.41, 5.74) is 1.07. The Morgan fingerprint density at radius 2 is 2.19 bits per heavy atom. The van der Waals surface area contributed by atoms with E-state index in [-0.39, 0.29) is 23.8 Å². The van der Waals surface area contributed by atoms with Crippen molar-refractivity contribution in [2.24, 2.45) is 5.92 Å². The Kier molecular flexibility index (Phi) is 4.22. The summed E-state index contributed by atoms with van der Waals surface area (Å²) >= 11 is 0. The average molecular weight is 290 g/mol. The van der Waals surface area contributed by atoms with E-state index in [2.05, 4.69) is 15.5 Å². The summed E-state index contributed by atoms with van der Waals surface area (Å²) in [6.07, 6.45) is 9.15. The molecule has 0 bridgehead atoms. The summed E-state index contributed by atoms with van der Waals surface area (Å²) in [5, 5.41) is 9.60. The number of H-pyrrole nitrogens is 1. The molecule has 2 heterocycles. The third-order valence-corrected chi connectivity index (χ3v) is 4.28. The first-order chi connectivity index (χ1) is 10.3. The van der Waals surface area contributed by atoms with Crippen molar-refractivity contribution in [2.75, 3.05) is 13.1 Å². The summed E-state index contributed by atoms with van der Waals surface area (Å²) in [4.78, 5) is 26.4. The minimum Gasteiger partial charge on any atom is -0.354 e. The summed E-state index contributed by atoms with van der Waals surface area (Å²) in [5.74, 6) is 0.362. The molecule has 1 aromatic rings. The van der Waals surface area contributed by atoms with Crippen LogP contribution in [0.4, 0.5) is 0 Å². The van der Waals surface area contributed by atoms with Gasteiger partial charge in [0.05, 0.1) is 6.20 Å². The number of amides is 2. The number of piperidine rings is 1. The van der Waals surface area contributed by atoms with Crippen LogP contribution in [0, 0.1) is 5.92 Å². The quantitative estimate of drug-likeness (QED) is 0.844. The van der Waals surface area contributed by atoms with Gasteiger partial charge in [0, 0.05) is 25.2 Å².